The number of nitrogens with zero attached hydrogens (tertiary/aromatic N) is 4. The Morgan fingerprint density at radius 3 is 2.29 bits per heavy atom. The third-order valence-electron chi connectivity index (χ3n) is 4.07. The van der Waals surface area contributed by atoms with Crippen molar-refractivity contribution in [1.82, 2.24) is 14.7 Å². The van der Waals surface area contributed by atoms with Crippen LogP contribution in [-0.4, -0.2) is 73.5 Å². The van der Waals surface area contributed by atoms with Crippen LogP contribution in [0.15, 0.2) is 0 Å². The summed E-state index contributed by atoms with van der Waals surface area (Å²) >= 11 is 0. The average molecular weight is 294 g/mol. The van der Waals surface area contributed by atoms with E-state index in [2.05, 4.69) is 43.8 Å². The Bertz CT molecular complexity index is 354. The Morgan fingerprint density at radius 1 is 1.19 bits per heavy atom. The van der Waals surface area contributed by atoms with Gasteiger partial charge in [0.2, 0.25) is 5.91 Å². The molecule has 0 unspecified atom stereocenters. The van der Waals surface area contributed by atoms with Crippen molar-refractivity contribution in [3.63, 3.8) is 0 Å². The molecular weight excluding hydrogens is 264 g/mol. The summed E-state index contributed by atoms with van der Waals surface area (Å²) in [6.45, 7) is 8.36. The zero-order chi connectivity index (χ0) is 15.8. The second-order valence-electron chi connectivity index (χ2n) is 6.50. The van der Waals surface area contributed by atoms with Crippen molar-refractivity contribution in [3.05, 3.63) is 0 Å². The van der Waals surface area contributed by atoms with Gasteiger partial charge in [-0.25, -0.2) is 0 Å². The maximum absolute atomic E-state index is 12.2. The van der Waals surface area contributed by atoms with Gasteiger partial charge < -0.3 is 9.80 Å². The maximum atomic E-state index is 12.2. The number of carbonyl (C=O) groups excluding carboxylic acids is 1. The molecule has 1 fully saturated rings. The third kappa shape index (κ3) is 6.03. The van der Waals surface area contributed by atoms with Crippen LogP contribution in [0.3, 0.4) is 0 Å². The molecule has 0 aromatic rings. The maximum Gasteiger partial charge on any atom is 0.222 e. The molecule has 0 aromatic carbocycles. The fourth-order valence-electron chi connectivity index (χ4n) is 2.76. The summed E-state index contributed by atoms with van der Waals surface area (Å²) in [7, 11) is 4.11. The van der Waals surface area contributed by atoms with Crippen LogP contribution in [0.2, 0.25) is 0 Å². The van der Waals surface area contributed by atoms with Crippen LogP contribution < -0.4 is 0 Å². The van der Waals surface area contributed by atoms with Gasteiger partial charge in [0.25, 0.3) is 0 Å². The summed E-state index contributed by atoms with van der Waals surface area (Å²) in [6.07, 6.45) is 2.69. The van der Waals surface area contributed by atoms with E-state index in [4.69, 9.17) is 0 Å². The van der Waals surface area contributed by atoms with Crippen LogP contribution in [0.25, 0.3) is 0 Å². The largest absolute Gasteiger partial charge is 0.340 e. The minimum atomic E-state index is -0.0256. The van der Waals surface area contributed by atoms with Crippen molar-refractivity contribution >= 4 is 5.91 Å². The molecule has 0 spiro atoms. The van der Waals surface area contributed by atoms with Gasteiger partial charge in [-0.15, -0.1) is 0 Å². The summed E-state index contributed by atoms with van der Waals surface area (Å²) in [5.41, 5.74) is 0. The SMILES string of the molecule is CC(C)[C@@H](C#N)N1CCN(C(=O)CCCCN(C)C)CC1. The standard InChI is InChI=1S/C16H30N4O/c1-14(2)15(13-17)19-9-11-20(12-10-19)16(21)7-5-6-8-18(3)4/h14-15H,5-12H2,1-4H3/t15-/m1/s1. The number of unbranched alkanes of at least 4 members (excludes halogenated alkanes) is 1. The molecule has 1 amide bonds. The number of rotatable bonds is 7. The van der Waals surface area contributed by atoms with Crippen molar-refractivity contribution in [3.8, 4) is 6.07 Å². The number of nitriles is 1. The van der Waals surface area contributed by atoms with Gasteiger partial charge in [-0.3, -0.25) is 9.69 Å². The first kappa shape index (κ1) is 17.9. The van der Waals surface area contributed by atoms with E-state index < -0.39 is 0 Å². The molecule has 0 N–H and O–H groups in total. The van der Waals surface area contributed by atoms with Crippen LogP contribution in [0.4, 0.5) is 0 Å². The van der Waals surface area contributed by atoms with Gasteiger partial charge in [-0.1, -0.05) is 13.8 Å². The van der Waals surface area contributed by atoms with Crippen molar-refractivity contribution in [2.24, 2.45) is 5.92 Å². The molecule has 120 valence electrons. The highest BCUT2D eigenvalue weighted by Crippen LogP contribution is 2.14. The minimum absolute atomic E-state index is 0.0256. The smallest absolute Gasteiger partial charge is 0.222 e. The van der Waals surface area contributed by atoms with E-state index in [0.717, 1.165) is 45.6 Å². The van der Waals surface area contributed by atoms with E-state index in [1.165, 1.54) is 0 Å². The van der Waals surface area contributed by atoms with E-state index >= 15 is 0 Å². The molecule has 5 heteroatoms. The van der Waals surface area contributed by atoms with Crippen LogP contribution in [-0.2, 0) is 4.79 Å². The Morgan fingerprint density at radius 2 is 1.81 bits per heavy atom. The van der Waals surface area contributed by atoms with Crippen molar-refractivity contribution in [1.29, 1.82) is 5.26 Å². The van der Waals surface area contributed by atoms with Gasteiger partial charge in [0.15, 0.2) is 0 Å². The molecule has 0 bridgehead atoms. The molecule has 0 radical (unpaired) electrons. The normalized spacial score (nSPS) is 18.0. The first-order valence-corrected chi connectivity index (χ1v) is 8.02. The molecule has 21 heavy (non-hydrogen) atoms. The second-order valence-corrected chi connectivity index (χ2v) is 6.50. The van der Waals surface area contributed by atoms with Crippen LogP contribution >= 0.6 is 0 Å². The molecule has 1 rings (SSSR count). The second kappa shape index (κ2) is 9.01. The number of piperazine rings is 1. The Kier molecular flexibility index (Phi) is 7.69. The highest BCUT2D eigenvalue weighted by Gasteiger charge is 2.27. The third-order valence-corrected chi connectivity index (χ3v) is 4.07. The lowest BCUT2D eigenvalue weighted by atomic mass is 10.0. The summed E-state index contributed by atoms with van der Waals surface area (Å²) in [5.74, 6) is 0.606. The molecule has 5 nitrogen and oxygen atoms in total. The number of amides is 1. The van der Waals surface area contributed by atoms with Crippen molar-refractivity contribution in [2.75, 3.05) is 46.8 Å². The summed E-state index contributed by atoms with van der Waals surface area (Å²) < 4.78 is 0. The van der Waals surface area contributed by atoms with Crippen molar-refractivity contribution < 1.29 is 4.79 Å². The molecule has 0 aromatic heterocycles. The van der Waals surface area contributed by atoms with Crippen LogP contribution in [0.1, 0.15) is 33.1 Å². The van der Waals surface area contributed by atoms with E-state index in [1.807, 2.05) is 4.90 Å². The number of carbonyl (C=O) groups is 1. The Balaban J connectivity index is 2.29. The predicted molar refractivity (Wildman–Crippen MR) is 84.8 cm³/mol. The average Bonchev–Trinajstić information content (AvgIpc) is 2.44. The zero-order valence-electron chi connectivity index (χ0n) is 14.0. The minimum Gasteiger partial charge on any atom is -0.340 e. The van der Waals surface area contributed by atoms with Gasteiger partial charge in [-0.2, -0.15) is 5.26 Å². The van der Waals surface area contributed by atoms with Crippen LogP contribution in [0, 0.1) is 17.2 Å². The lowest BCUT2D eigenvalue weighted by Gasteiger charge is -2.38. The van der Waals surface area contributed by atoms with Gasteiger partial charge in [0.05, 0.1) is 6.07 Å². The lowest BCUT2D eigenvalue weighted by Crippen LogP contribution is -2.52. The molecule has 0 saturated carbocycles. The van der Waals surface area contributed by atoms with Gasteiger partial charge in [-0.05, 0) is 39.4 Å². The highest BCUT2D eigenvalue weighted by atomic mass is 16.2. The number of hydrogen-bond acceptors (Lipinski definition) is 4. The molecular formula is C16H30N4O. The van der Waals surface area contributed by atoms with Crippen LogP contribution in [0.5, 0.6) is 0 Å². The Hall–Kier alpha value is -1.12. The fraction of sp³-hybridized carbons (Fsp3) is 0.875. The van der Waals surface area contributed by atoms with Gasteiger partial charge >= 0.3 is 0 Å². The highest BCUT2D eigenvalue weighted by molar-refractivity contribution is 5.76. The number of hydrogen-bond donors (Lipinski definition) is 0. The summed E-state index contributed by atoms with van der Waals surface area (Å²) in [4.78, 5) is 18.5. The fourth-order valence-corrected chi connectivity index (χ4v) is 2.76. The van der Waals surface area contributed by atoms with E-state index in [1.54, 1.807) is 0 Å². The molecule has 1 aliphatic heterocycles. The molecule has 1 heterocycles. The van der Waals surface area contributed by atoms with E-state index in [-0.39, 0.29) is 11.9 Å². The zero-order valence-corrected chi connectivity index (χ0v) is 14.0. The summed E-state index contributed by atoms with van der Waals surface area (Å²) in [5, 5.41) is 9.24. The Labute approximate surface area is 129 Å². The molecule has 1 saturated heterocycles. The first-order valence-electron chi connectivity index (χ1n) is 8.02. The predicted octanol–water partition coefficient (Wildman–Crippen LogP) is 1.41. The quantitative estimate of drug-likeness (QED) is 0.666. The topological polar surface area (TPSA) is 50.6 Å². The van der Waals surface area contributed by atoms with Gasteiger partial charge in [0.1, 0.15) is 6.04 Å². The monoisotopic (exact) mass is 294 g/mol. The van der Waals surface area contributed by atoms with Gasteiger partial charge in [0, 0.05) is 32.6 Å². The molecule has 1 atom stereocenters. The summed E-state index contributed by atoms with van der Waals surface area (Å²) in [6, 6.07) is 2.36. The molecule has 1 aliphatic rings. The first-order chi connectivity index (χ1) is 9.95. The van der Waals surface area contributed by atoms with E-state index in [9.17, 15) is 10.1 Å². The lowest BCUT2D eigenvalue weighted by molar-refractivity contribution is -0.133. The molecule has 0 aliphatic carbocycles. The van der Waals surface area contributed by atoms with E-state index in [0.29, 0.717) is 12.3 Å². The van der Waals surface area contributed by atoms with Crippen molar-refractivity contribution in [2.45, 2.75) is 39.2 Å².